The average Bonchev–Trinajstić information content (AvgIpc) is 2.87. The van der Waals surface area contributed by atoms with Crippen LogP contribution in [0.1, 0.15) is 27.9 Å². The number of nitrogens with zero attached hydrogens (tertiary/aromatic N) is 1. The Morgan fingerprint density at radius 3 is 2.32 bits per heavy atom. The van der Waals surface area contributed by atoms with Crippen molar-refractivity contribution in [3.05, 3.63) is 108 Å². The number of carboxylic acids is 1. The van der Waals surface area contributed by atoms with Crippen LogP contribution in [0.15, 0.2) is 91.0 Å². The second-order valence-corrected chi connectivity index (χ2v) is 8.20. The number of carbonyl (C=O) groups excluding carboxylic acids is 1. The number of rotatable bonds is 9. The maximum atomic E-state index is 12.9. The van der Waals surface area contributed by atoms with Crippen LogP contribution in [0.2, 0.25) is 0 Å². The van der Waals surface area contributed by atoms with E-state index in [1.807, 2.05) is 48.5 Å². The number of hydrogen-bond donors (Lipinski definition) is 1. The Labute approximate surface area is 199 Å². The van der Waals surface area contributed by atoms with E-state index >= 15 is 0 Å². The number of aliphatic carboxylic acids is 1. The Morgan fingerprint density at radius 2 is 1.56 bits per heavy atom. The molecule has 34 heavy (non-hydrogen) atoms. The van der Waals surface area contributed by atoms with Gasteiger partial charge in [0.2, 0.25) is 0 Å². The molecule has 1 N–H and O–H groups in total. The lowest BCUT2D eigenvalue weighted by atomic mass is 10.1. The van der Waals surface area contributed by atoms with Gasteiger partial charge < -0.3 is 14.7 Å². The first kappa shape index (κ1) is 23.1. The molecular weight excluding hydrogens is 426 g/mol. The maximum Gasteiger partial charge on any atom is 0.303 e. The molecule has 0 aliphatic carbocycles. The number of hydrogen-bond acceptors (Lipinski definition) is 3. The van der Waals surface area contributed by atoms with Gasteiger partial charge in [-0.15, -0.1) is 0 Å². The highest BCUT2D eigenvalue weighted by atomic mass is 16.5. The Balaban J connectivity index is 1.51. The summed E-state index contributed by atoms with van der Waals surface area (Å²) >= 11 is 0. The minimum absolute atomic E-state index is 0.0131. The average molecular weight is 454 g/mol. The lowest BCUT2D eigenvalue weighted by Crippen LogP contribution is -2.26. The molecule has 172 valence electrons. The van der Waals surface area contributed by atoms with Crippen LogP contribution in [0.5, 0.6) is 5.75 Å². The maximum absolute atomic E-state index is 12.9. The number of fused-ring (bicyclic) bond motifs is 1. The van der Waals surface area contributed by atoms with E-state index in [2.05, 4.69) is 30.3 Å². The summed E-state index contributed by atoms with van der Waals surface area (Å²) in [4.78, 5) is 25.6. The van der Waals surface area contributed by atoms with Crippen molar-refractivity contribution in [2.24, 2.45) is 0 Å². The van der Waals surface area contributed by atoms with Crippen molar-refractivity contribution >= 4 is 28.3 Å². The quantitative estimate of drug-likeness (QED) is 0.350. The van der Waals surface area contributed by atoms with E-state index in [1.165, 1.54) is 16.3 Å². The van der Waals surface area contributed by atoms with Gasteiger partial charge in [-0.1, -0.05) is 66.7 Å². The van der Waals surface area contributed by atoms with E-state index in [9.17, 15) is 9.59 Å². The van der Waals surface area contributed by atoms with Crippen molar-refractivity contribution in [2.75, 3.05) is 18.6 Å². The second kappa shape index (κ2) is 10.7. The van der Waals surface area contributed by atoms with Gasteiger partial charge in [0, 0.05) is 37.2 Å². The third kappa shape index (κ3) is 5.62. The number of carboxylic acid groups (broad SMARTS) is 1. The number of aryl methyl sites for hydroxylation is 1. The van der Waals surface area contributed by atoms with Crippen LogP contribution in [0.3, 0.4) is 0 Å². The van der Waals surface area contributed by atoms with E-state index < -0.39 is 5.97 Å². The SMILES string of the molecule is CN(C(=O)c1ccccc1)c1ccc(CCC(=O)O)c(OCCc2ccc3ccccc3c2)c1. The molecule has 0 saturated heterocycles. The lowest BCUT2D eigenvalue weighted by Gasteiger charge is -2.20. The number of anilines is 1. The minimum Gasteiger partial charge on any atom is -0.493 e. The summed E-state index contributed by atoms with van der Waals surface area (Å²) in [6.07, 6.45) is 1.09. The van der Waals surface area contributed by atoms with Crippen LogP contribution in [0.4, 0.5) is 5.69 Å². The molecule has 0 radical (unpaired) electrons. The summed E-state index contributed by atoms with van der Waals surface area (Å²) in [5.74, 6) is -0.379. The predicted octanol–water partition coefficient (Wildman–Crippen LogP) is 5.76. The molecule has 4 aromatic carbocycles. The molecule has 0 unspecified atom stereocenters. The Hall–Kier alpha value is -4.12. The van der Waals surface area contributed by atoms with Gasteiger partial charge in [-0.25, -0.2) is 0 Å². The van der Waals surface area contributed by atoms with Gasteiger partial charge >= 0.3 is 5.97 Å². The van der Waals surface area contributed by atoms with Crippen LogP contribution in [-0.4, -0.2) is 30.6 Å². The number of carbonyl (C=O) groups is 2. The Kier molecular flexibility index (Phi) is 7.23. The monoisotopic (exact) mass is 453 g/mol. The molecule has 0 aliphatic heterocycles. The third-order valence-electron chi connectivity index (χ3n) is 5.83. The number of amides is 1. The van der Waals surface area contributed by atoms with Crippen molar-refractivity contribution in [3.8, 4) is 5.75 Å². The molecule has 0 aliphatic rings. The Bertz CT molecular complexity index is 1300. The summed E-state index contributed by atoms with van der Waals surface area (Å²) in [5, 5.41) is 11.5. The molecule has 0 atom stereocenters. The zero-order valence-corrected chi connectivity index (χ0v) is 19.1. The third-order valence-corrected chi connectivity index (χ3v) is 5.83. The van der Waals surface area contributed by atoms with E-state index in [0.717, 1.165) is 5.56 Å². The van der Waals surface area contributed by atoms with Crippen LogP contribution in [0.25, 0.3) is 10.8 Å². The van der Waals surface area contributed by atoms with Gasteiger partial charge in [0.1, 0.15) is 5.75 Å². The summed E-state index contributed by atoms with van der Waals surface area (Å²) < 4.78 is 6.13. The fourth-order valence-corrected chi connectivity index (χ4v) is 3.90. The molecule has 0 heterocycles. The van der Waals surface area contributed by atoms with Gasteiger partial charge in [0.25, 0.3) is 5.91 Å². The van der Waals surface area contributed by atoms with Crippen molar-refractivity contribution in [1.82, 2.24) is 0 Å². The summed E-state index contributed by atoms with van der Waals surface area (Å²) in [6, 6.07) is 29.2. The molecular formula is C29H27NO4. The highest BCUT2D eigenvalue weighted by Gasteiger charge is 2.16. The van der Waals surface area contributed by atoms with Crippen molar-refractivity contribution in [1.29, 1.82) is 0 Å². The molecule has 1 amide bonds. The van der Waals surface area contributed by atoms with Gasteiger partial charge in [0.15, 0.2) is 0 Å². The van der Waals surface area contributed by atoms with Gasteiger partial charge in [-0.3, -0.25) is 9.59 Å². The van der Waals surface area contributed by atoms with Crippen LogP contribution in [0, 0.1) is 0 Å². The van der Waals surface area contributed by atoms with Crippen molar-refractivity contribution < 1.29 is 19.4 Å². The molecule has 0 aromatic heterocycles. The molecule has 0 spiro atoms. The van der Waals surface area contributed by atoms with Crippen molar-refractivity contribution in [2.45, 2.75) is 19.3 Å². The van der Waals surface area contributed by atoms with E-state index in [-0.39, 0.29) is 12.3 Å². The topological polar surface area (TPSA) is 66.8 Å². The predicted molar refractivity (Wildman–Crippen MR) is 135 cm³/mol. The normalized spacial score (nSPS) is 10.7. The smallest absolute Gasteiger partial charge is 0.303 e. The minimum atomic E-state index is -0.859. The van der Waals surface area contributed by atoms with Gasteiger partial charge in [0.05, 0.1) is 6.61 Å². The standard InChI is InChI=1S/C29H27NO4/c1-30(29(33)24-8-3-2-4-9-24)26-15-13-23(14-16-28(31)32)27(20-26)34-18-17-21-11-12-22-7-5-6-10-25(22)19-21/h2-13,15,19-20H,14,16-18H2,1H3,(H,31,32). The molecule has 0 bridgehead atoms. The zero-order valence-electron chi connectivity index (χ0n) is 19.1. The Morgan fingerprint density at radius 1 is 0.824 bits per heavy atom. The fourth-order valence-electron chi connectivity index (χ4n) is 3.90. The lowest BCUT2D eigenvalue weighted by molar-refractivity contribution is -0.136. The van der Waals surface area contributed by atoms with Crippen LogP contribution in [-0.2, 0) is 17.6 Å². The van der Waals surface area contributed by atoms with E-state index in [1.54, 1.807) is 24.1 Å². The van der Waals surface area contributed by atoms with Gasteiger partial charge in [-0.05, 0) is 46.5 Å². The van der Waals surface area contributed by atoms with E-state index in [0.29, 0.717) is 36.4 Å². The number of ether oxygens (including phenoxy) is 1. The first-order valence-corrected chi connectivity index (χ1v) is 11.3. The summed E-state index contributed by atoms with van der Waals surface area (Å²) in [6.45, 7) is 0.443. The number of benzene rings is 4. The molecule has 0 saturated carbocycles. The van der Waals surface area contributed by atoms with E-state index in [4.69, 9.17) is 9.84 Å². The fraction of sp³-hybridized carbons (Fsp3) is 0.172. The molecule has 5 heteroatoms. The van der Waals surface area contributed by atoms with Crippen LogP contribution >= 0.6 is 0 Å². The highest BCUT2D eigenvalue weighted by molar-refractivity contribution is 6.05. The highest BCUT2D eigenvalue weighted by Crippen LogP contribution is 2.28. The zero-order chi connectivity index (χ0) is 23.9. The largest absolute Gasteiger partial charge is 0.493 e. The molecule has 4 aromatic rings. The van der Waals surface area contributed by atoms with Crippen LogP contribution < -0.4 is 9.64 Å². The molecule has 4 rings (SSSR count). The van der Waals surface area contributed by atoms with Gasteiger partial charge in [-0.2, -0.15) is 0 Å². The molecule has 0 fully saturated rings. The first-order valence-electron chi connectivity index (χ1n) is 11.3. The second-order valence-electron chi connectivity index (χ2n) is 8.20. The van der Waals surface area contributed by atoms with Crippen molar-refractivity contribution in [3.63, 3.8) is 0 Å². The first-order chi connectivity index (χ1) is 16.5. The molecule has 5 nitrogen and oxygen atoms in total. The summed E-state index contributed by atoms with van der Waals surface area (Å²) in [7, 11) is 1.72. The summed E-state index contributed by atoms with van der Waals surface area (Å²) in [5.41, 5.74) is 3.26.